The van der Waals surface area contributed by atoms with Crippen molar-refractivity contribution < 1.29 is 9.50 Å². The lowest BCUT2D eigenvalue weighted by atomic mass is 9.96. The summed E-state index contributed by atoms with van der Waals surface area (Å²) in [5, 5.41) is 13.4. The van der Waals surface area contributed by atoms with Gasteiger partial charge in [0.15, 0.2) is 0 Å². The topological polar surface area (TPSA) is 45.1 Å². The molecule has 0 bridgehead atoms. The molecule has 0 aliphatic rings. The number of hydrogen-bond donors (Lipinski definition) is 2. The molecule has 1 heterocycles. The van der Waals surface area contributed by atoms with Crippen molar-refractivity contribution in [3.8, 4) is 0 Å². The van der Waals surface area contributed by atoms with Crippen molar-refractivity contribution in [3.63, 3.8) is 0 Å². The number of hydrogen-bond acceptors (Lipinski definition) is 3. The highest BCUT2D eigenvalue weighted by molar-refractivity contribution is 5.09. The van der Waals surface area contributed by atoms with Gasteiger partial charge in [-0.15, -0.1) is 0 Å². The van der Waals surface area contributed by atoms with Crippen molar-refractivity contribution in [3.05, 3.63) is 29.8 Å². The summed E-state index contributed by atoms with van der Waals surface area (Å²) >= 11 is 0. The number of aromatic nitrogens is 1. The number of nitrogens with one attached hydrogen (secondary N) is 1. The monoisotopic (exact) mass is 268 g/mol. The highest BCUT2D eigenvalue weighted by Gasteiger charge is 2.18. The van der Waals surface area contributed by atoms with Crippen LogP contribution in [0.25, 0.3) is 0 Å². The smallest absolute Gasteiger partial charge is 0.141 e. The van der Waals surface area contributed by atoms with Crippen LogP contribution in [-0.2, 0) is 0 Å². The first kappa shape index (κ1) is 16.1. The molecule has 0 aliphatic heterocycles. The molecular weight excluding hydrogens is 243 g/mol. The van der Waals surface area contributed by atoms with Crippen molar-refractivity contribution in [1.29, 1.82) is 0 Å². The fourth-order valence-corrected chi connectivity index (χ4v) is 2.31. The molecule has 2 unspecified atom stereocenters. The van der Waals surface area contributed by atoms with E-state index in [0.717, 1.165) is 25.0 Å². The minimum absolute atomic E-state index is 0.0598. The van der Waals surface area contributed by atoms with E-state index < -0.39 is 0 Å². The maximum atomic E-state index is 12.8. The lowest BCUT2D eigenvalue weighted by Gasteiger charge is -2.23. The third kappa shape index (κ3) is 4.88. The van der Waals surface area contributed by atoms with Gasteiger partial charge in [-0.2, -0.15) is 0 Å². The molecule has 3 nitrogen and oxygen atoms in total. The molecule has 1 aromatic heterocycles. The Hall–Kier alpha value is -1.00. The van der Waals surface area contributed by atoms with E-state index in [1.165, 1.54) is 12.3 Å². The van der Waals surface area contributed by atoms with E-state index in [4.69, 9.17) is 0 Å². The van der Waals surface area contributed by atoms with Crippen LogP contribution in [0.15, 0.2) is 18.3 Å². The van der Waals surface area contributed by atoms with Crippen LogP contribution in [0, 0.1) is 11.7 Å². The number of pyridine rings is 1. The van der Waals surface area contributed by atoms with Gasteiger partial charge in [0, 0.05) is 12.6 Å². The summed E-state index contributed by atoms with van der Waals surface area (Å²) in [6.07, 6.45) is 3.70. The molecule has 4 heteroatoms. The summed E-state index contributed by atoms with van der Waals surface area (Å²) in [7, 11) is 0. The van der Waals surface area contributed by atoms with Crippen molar-refractivity contribution >= 4 is 0 Å². The lowest BCUT2D eigenvalue weighted by molar-refractivity contribution is 0.0979. The third-order valence-electron chi connectivity index (χ3n) is 3.68. The van der Waals surface area contributed by atoms with Crippen LogP contribution < -0.4 is 5.32 Å². The molecule has 2 N–H and O–H groups in total. The zero-order chi connectivity index (χ0) is 14.3. The lowest BCUT2D eigenvalue weighted by Crippen LogP contribution is -2.34. The van der Waals surface area contributed by atoms with Crippen LogP contribution >= 0.6 is 0 Å². The van der Waals surface area contributed by atoms with Gasteiger partial charge in [-0.1, -0.05) is 33.6 Å². The van der Waals surface area contributed by atoms with E-state index >= 15 is 0 Å². The minimum Gasteiger partial charge on any atom is -0.392 e. The molecule has 1 rings (SSSR count). The maximum Gasteiger partial charge on any atom is 0.141 e. The quantitative estimate of drug-likeness (QED) is 0.761. The third-order valence-corrected chi connectivity index (χ3v) is 3.68. The van der Waals surface area contributed by atoms with E-state index in [2.05, 4.69) is 24.1 Å². The molecule has 1 aromatic rings. The molecule has 0 saturated carbocycles. The summed E-state index contributed by atoms with van der Waals surface area (Å²) in [5.74, 6) is 0.00171. The number of nitrogens with zero attached hydrogens (tertiary/aromatic N) is 1. The van der Waals surface area contributed by atoms with Gasteiger partial charge in [-0.05, 0) is 24.5 Å². The molecule has 0 spiro atoms. The van der Waals surface area contributed by atoms with Gasteiger partial charge in [0.25, 0.3) is 0 Å². The summed E-state index contributed by atoms with van der Waals surface area (Å²) in [5.41, 5.74) is 0.820. The number of halogens is 1. The van der Waals surface area contributed by atoms with Gasteiger partial charge >= 0.3 is 0 Å². The van der Waals surface area contributed by atoms with Gasteiger partial charge in [0.2, 0.25) is 0 Å². The second kappa shape index (κ2) is 8.23. The standard InChI is InChI=1S/C15H25FN2O/c1-4-11(5-2)15(19)10-18-13(6-3)14-8-7-12(16)9-17-14/h7-9,11,13,15,18-19H,4-6,10H2,1-3H3. The molecule has 0 aliphatic carbocycles. The largest absolute Gasteiger partial charge is 0.392 e. The summed E-state index contributed by atoms with van der Waals surface area (Å²) in [6, 6.07) is 3.17. The summed E-state index contributed by atoms with van der Waals surface area (Å²) < 4.78 is 12.8. The molecular formula is C15H25FN2O. The Morgan fingerprint density at radius 3 is 2.37 bits per heavy atom. The average molecular weight is 268 g/mol. The predicted octanol–water partition coefficient (Wildman–Crippen LogP) is 3.06. The Balaban J connectivity index is 2.55. The molecule has 0 aromatic carbocycles. The normalized spacial score (nSPS) is 14.6. The van der Waals surface area contributed by atoms with E-state index in [1.807, 2.05) is 6.92 Å². The van der Waals surface area contributed by atoms with Crippen molar-refractivity contribution in [2.75, 3.05) is 6.54 Å². The second-order valence-electron chi connectivity index (χ2n) is 4.91. The van der Waals surface area contributed by atoms with Crippen LogP contribution in [0.3, 0.4) is 0 Å². The highest BCUT2D eigenvalue weighted by atomic mass is 19.1. The summed E-state index contributed by atoms with van der Waals surface area (Å²) in [6.45, 7) is 6.78. The Kier molecular flexibility index (Phi) is 6.95. The fraction of sp³-hybridized carbons (Fsp3) is 0.667. The number of aliphatic hydroxyl groups excluding tert-OH is 1. The second-order valence-corrected chi connectivity index (χ2v) is 4.91. The van der Waals surface area contributed by atoms with E-state index in [0.29, 0.717) is 12.5 Å². The molecule has 2 atom stereocenters. The first-order valence-electron chi connectivity index (χ1n) is 7.15. The molecule has 108 valence electrons. The Labute approximate surface area is 115 Å². The Morgan fingerprint density at radius 1 is 1.21 bits per heavy atom. The van der Waals surface area contributed by atoms with Gasteiger partial charge in [-0.3, -0.25) is 4.98 Å². The highest BCUT2D eigenvalue weighted by Crippen LogP contribution is 2.17. The van der Waals surface area contributed by atoms with E-state index in [9.17, 15) is 9.50 Å². The van der Waals surface area contributed by atoms with Crippen molar-refractivity contribution in [1.82, 2.24) is 10.3 Å². The van der Waals surface area contributed by atoms with Crippen molar-refractivity contribution in [2.24, 2.45) is 5.92 Å². The van der Waals surface area contributed by atoms with E-state index in [-0.39, 0.29) is 18.0 Å². The zero-order valence-electron chi connectivity index (χ0n) is 12.1. The first-order chi connectivity index (χ1) is 9.12. The van der Waals surface area contributed by atoms with E-state index in [1.54, 1.807) is 6.07 Å². The molecule has 0 fully saturated rings. The Morgan fingerprint density at radius 2 is 1.89 bits per heavy atom. The minimum atomic E-state index is -0.343. The maximum absolute atomic E-state index is 12.8. The SMILES string of the molecule is CCC(NCC(O)C(CC)CC)c1ccc(F)cn1. The number of aliphatic hydroxyl groups is 1. The fourth-order valence-electron chi connectivity index (χ4n) is 2.31. The Bertz CT molecular complexity index is 352. The molecule has 19 heavy (non-hydrogen) atoms. The average Bonchev–Trinajstić information content (AvgIpc) is 2.42. The molecule has 0 amide bonds. The molecule has 0 radical (unpaired) electrons. The first-order valence-corrected chi connectivity index (χ1v) is 7.15. The van der Waals surface area contributed by atoms with Crippen LogP contribution in [0.1, 0.15) is 51.8 Å². The van der Waals surface area contributed by atoms with Crippen LogP contribution in [0.4, 0.5) is 4.39 Å². The van der Waals surface area contributed by atoms with Gasteiger partial charge in [0.05, 0.1) is 18.0 Å². The van der Waals surface area contributed by atoms with Crippen LogP contribution in [-0.4, -0.2) is 22.7 Å². The number of rotatable bonds is 8. The van der Waals surface area contributed by atoms with Gasteiger partial charge in [0.1, 0.15) is 5.82 Å². The molecule has 0 saturated heterocycles. The van der Waals surface area contributed by atoms with Gasteiger partial charge < -0.3 is 10.4 Å². The predicted molar refractivity (Wildman–Crippen MR) is 75.3 cm³/mol. The van der Waals surface area contributed by atoms with Crippen LogP contribution in [0.2, 0.25) is 0 Å². The van der Waals surface area contributed by atoms with Crippen molar-refractivity contribution in [2.45, 2.75) is 52.2 Å². The summed E-state index contributed by atoms with van der Waals surface area (Å²) in [4.78, 5) is 4.09. The van der Waals surface area contributed by atoms with Crippen LogP contribution in [0.5, 0.6) is 0 Å². The zero-order valence-corrected chi connectivity index (χ0v) is 12.1. The van der Waals surface area contributed by atoms with Gasteiger partial charge in [-0.25, -0.2) is 4.39 Å².